The third kappa shape index (κ3) is 5.86. The molecule has 1 aromatic rings. The summed E-state index contributed by atoms with van der Waals surface area (Å²) in [5.74, 6) is 1.50. The summed E-state index contributed by atoms with van der Waals surface area (Å²) in [4.78, 5) is 4.90. The first-order chi connectivity index (χ1) is 11.8. The second kappa shape index (κ2) is 9.53. The number of rotatable bonds is 8. The lowest BCUT2D eigenvalue weighted by atomic mass is 9.97. The number of ether oxygens (including phenoxy) is 2. The smallest absolute Gasteiger partial charge is 0.129 e. The molecule has 0 amide bonds. The molecule has 2 unspecified atom stereocenters. The number of aliphatic hydroxyl groups excluding tert-OH is 1. The molecule has 0 bridgehead atoms. The van der Waals surface area contributed by atoms with E-state index in [1.807, 2.05) is 12.1 Å². The zero-order valence-electron chi connectivity index (χ0n) is 14.4. The van der Waals surface area contributed by atoms with Gasteiger partial charge >= 0.3 is 0 Å². The van der Waals surface area contributed by atoms with Crippen LogP contribution in [-0.2, 0) is 16.1 Å². The number of hydrogen-bond donors (Lipinski definition) is 1. The van der Waals surface area contributed by atoms with Crippen LogP contribution in [0, 0.1) is 5.92 Å². The molecule has 0 aromatic carbocycles. The molecule has 136 valence electrons. The molecule has 0 spiro atoms. The molecule has 0 saturated carbocycles. The summed E-state index contributed by atoms with van der Waals surface area (Å²) in [6.45, 7) is 8.61. The predicted octanol–water partition coefficient (Wildman–Crippen LogP) is 1.20. The normalized spacial score (nSPS) is 25.0. The van der Waals surface area contributed by atoms with E-state index in [4.69, 9.17) is 13.9 Å². The maximum Gasteiger partial charge on any atom is 0.129 e. The van der Waals surface area contributed by atoms with Gasteiger partial charge in [-0.05, 0) is 37.4 Å². The minimum atomic E-state index is -0.443. The first-order valence-electron chi connectivity index (χ1n) is 9.10. The molecule has 6 nitrogen and oxygen atoms in total. The first-order valence-corrected chi connectivity index (χ1v) is 9.10. The highest BCUT2D eigenvalue weighted by atomic mass is 16.5. The lowest BCUT2D eigenvalue weighted by molar-refractivity contribution is -0.00715. The third-order valence-electron chi connectivity index (χ3n) is 4.83. The molecular formula is C18H30N2O4. The number of nitrogens with zero attached hydrogens (tertiary/aromatic N) is 2. The van der Waals surface area contributed by atoms with Crippen LogP contribution in [0.25, 0.3) is 0 Å². The van der Waals surface area contributed by atoms with E-state index in [-0.39, 0.29) is 0 Å². The van der Waals surface area contributed by atoms with Crippen LogP contribution in [-0.4, -0.2) is 80.1 Å². The zero-order chi connectivity index (χ0) is 16.6. The molecule has 1 N–H and O–H groups in total. The van der Waals surface area contributed by atoms with Crippen LogP contribution in [0.15, 0.2) is 22.8 Å². The average Bonchev–Trinajstić information content (AvgIpc) is 3.09. The van der Waals surface area contributed by atoms with Gasteiger partial charge in [0.05, 0.1) is 32.2 Å². The van der Waals surface area contributed by atoms with E-state index in [1.165, 1.54) is 12.8 Å². The van der Waals surface area contributed by atoms with Crippen molar-refractivity contribution in [1.82, 2.24) is 9.80 Å². The van der Waals surface area contributed by atoms with Crippen molar-refractivity contribution in [3.8, 4) is 0 Å². The highest BCUT2D eigenvalue weighted by Gasteiger charge is 2.24. The van der Waals surface area contributed by atoms with Crippen molar-refractivity contribution >= 4 is 0 Å². The average molecular weight is 338 g/mol. The lowest BCUT2D eigenvalue weighted by Crippen LogP contribution is -2.46. The largest absolute Gasteiger partial charge is 0.467 e. The Morgan fingerprint density at radius 2 is 2.12 bits per heavy atom. The van der Waals surface area contributed by atoms with Gasteiger partial charge in [-0.2, -0.15) is 0 Å². The Labute approximate surface area is 144 Å². The van der Waals surface area contributed by atoms with Crippen LogP contribution >= 0.6 is 0 Å². The Balaban J connectivity index is 1.33. The molecule has 3 rings (SSSR count). The maximum absolute atomic E-state index is 10.2. The number of piperidine rings is 1. The van der Waals surface area contributed by atoms with Crippen LogP contribution < -0.4 is 0 Å². The Hall–Kier alpha value is -0.920. The van der Waals surface area contributed by atoms with E-state index in [9.17, 15) is 5.11 Å². The van der Waals surface area contributed by atoms with Gasteiger partial charge in [0.15, 0.2) is 0 Å². The van der Waals surface area contributed by atoms with E-state index in [2.05, 4.69) is 9.80 Å². The lowest BCUT2D eigenvalue weighted by Gasteiger charge is -2.37. The molecule has 0 radical (unpaired) electrons. The van der Waals surface area contributed by atoms with Crippen LogP contribution in [0.5, 0.6) is 0 Å². The number of furan rings is 1. The highest BCUT2D eigenvalue weighted by Crippen LogP contribution is 2.18. The van der Waals surface area contributed by atoms with Crippen molar-refractivity contribution in [1.29, 1.82) is 0 Å². The maximum atomic E-state index is 10.2. The fourth-order valence-electron chi connectivity index (χ4n) is 3.66. The fraction of sp³-hybridized carbons (Fsp3) is 0.778. The fourth-order valence-corrected chi connectivity index (χ4v) is 3.66. The molecule has 2 saturated heterocycles. The van der Waals surface area contributed by atoms with E-state index in [0.29, 0.717) is 25.7 Å². The molecule has 3 heterocycles. The van der Waals surface area contributed by atoms with Crippen LogP contribution in [0.1, 0.15) is 18.6 Å². The minimum Gasteiger partial charge on any atom is -0.467 e. The molecule has 2 aliphatic heterocycles. The van der Waals surface area contributed by atoms with Crippen molar-refractivity contribution in [3.05, 3.63) is 24.2 Å². The Morgan fingerprint density at radius 1 is 1.25 bits per heavy atom. The SMILES string of the molecule is OC(COCc1ccco1)CN1CCCC(CN2CCOCC2)C1. The molecule has 2 aliphatic rings. The van der Waals surface area contributed by atoms with Gasteiger partial charge in [0.1, 0.15) is 12.4 Å². The topological polar surface area (TPSA) is 58.3 Å². The Morgan fingerprint density at radius 3 is 2.92 bits per heavy atom. The van der Waals surface area contributed by atoms with Gasteiger partial charge < -0.3 is 23.9 Å². The number of β-amino-alcohol motifs (C(OH)–C–C–N with tert-alkyl or cyclic N) is 1. The van der Waals surface area contributed by atoms with Crippen LogP contribution in [0.4, 0.5) is 0 Å². The second-order valence-electron chi connectivity index (χ2n) is 6.93. The van der Waals surface area contributed by atoms with Gasteiger partial charge in [-0.3, -0.25) is 4.90 Å². The van der Waals surface area contributed by atoms with E-state index in [1.54, 1.807) is 6.26 Å². The standard InChI is InChI=1S/C18H30N2O4/c21-17(14-23-15-18-4-2-8-24-18)13-20-5-1-3-16(12-20)11-19-6-9-22-10-7-19/h2,4,8,16-17,21H,1,3,5-7,9-15H2. The number of hydrogen-bond acceptors (Lipinski definition) is 6. The summed E-state index contributed by atoms with van der Waals surface area (Å²) >= 11 is 0. The summed E-state index contributed by atoms with van der Waals surface area (Å²) in [7, 11) is 0. The van der Waals surface area contributed by atoms with E-state index >= 15 is 0 Å². The quantitative estimate of drug-likeness (QED) is 0.769. The highest BCUT2D eigenvalue weighted by molar-refractivity contribution is 4.96. The van der Waals surface area contributed by atoms with E-state index in [0.717, 1.165) is 51.7 Å². The summed E-state index contributed by atoms with van der Waals surface area (Å²) < 4.78 is 16.2. The van der Waals surface area contributed by atoms with Crippen LogP contribution in [0.3, 0.4) is 0 Å². The van der Waals surface area contributed by atoms with Gasteiger partial charge in [0.2, 0.25) is 0 Å². The molecule has 2 fully saturated rings. The second-order valence-corrected chi connectivity index (χ2v) is 6.93. The molecule has 2 atom stereocenters. The number of likely N-dealkylation sites (tertiary alicyclic amines) is 1. The Kier molecular flexibility index (Phi) is 7.11. The van der Waals surface area contributed by atoms with Gasteiger partial charge in [-0.25, -0.2) is 0 Å². The monoisotopic (exact) mass is 338 g/mol. The summed E-state index contributed by atoms with van der Waals surface area (Å²) in [5.41, 5.74) is 0. The van der Waals surface area contributed by atoms with Gasteiger partial charge in [-0.15, -0.1) is 0 Å². The first kappa shape index (κ1) is 17.9. The summed E-state index contributed by atoms with van der Waals surface area (Å²) in [6.07, 6.45) is 3.70. The van der Waals surface area contributed by atoms with Gasteiger partial charge in [0, 0.05) is 32.7 Å². The van der Waals surface area contributed by atoms with Crippen molar-refractivity contribution in [2.45, 2.75) is 25.6 Å². The van der Waals surface area contributed by atoms with Crippen molar-refractivity contribution in [3.63, 3.8) is 0 Å². The molecule has 24 heavy (non-hydrogen) atoms. The molecule has 0 aliphatic carbocycles. The van der Waals surface area contributed by atoms with Crippen molar-refractivity contribution < 1.29 is 19.0 Å². The minimum absolute atomic E-state index is 0.353. The predicted molar refractivity (Wildman–Crippen MR) is 90.8 cm³/mol. The number of morpholine rings is 1. The van der Waals surface area contributed by atoms with Crippen LogP contribution in [0.2, 0.25) is 0 Å². The molecular weight excluding hydrogens is 308 g/mol. The van der Waals surface area contributed by atoms with E-state index < -0.39 is 6.10 Å². The van der Waals surface area contributed by atoms with Gasteiger partial charge in [0.25, 0.3) is 0 Å². The van der Waals surface area contributed by atoms with Crippen molar-refractivity contribution in [2.75, 3.05) is 59.1 Å². The summed E-state index contributed by atoms with van der Waals surface area (Å²) in [6, 6.07) is 3.73. The third-order valence-corrected chi connectivity index (χ3v) is 4.83. The van der Waals surface area contributed by atoms with Crippen molar-refractivity contribution in [2.24, 2.45) is 5.92 Å². The molecule has 6 heteroatoms. The Bertz CT molecular complexity index is 448. The summed E-state index contributed by atoms with van der Waals surface area (Å²) in [5, 5.41) is 10.2. The number of aliphatic hydroxyl groups is 1. The molecule has 1 aromatic heterocycles. The van der Waals surface area contributed by atoms with Gasteiger partial charge in [-0.1, -0.05) is 0 Å². The zero-order valence-corrected chi connectivity index (χ0v) is 14.4.